The van der Waals surface area contributed by atoms with Gasteiger partial charge < -0.3 is 14.2 Å². The maximum Gasteiger partial charge on any atom is 0.329 e. The van der Waals surface area contributed by atoms with Crippen molar-refractivity contribution >= 4 is 23.4 Å². The second-order valence-corrected chi connectivity index (χ2v) is 10.5. The number of carbonyl (C=O) groups excluding carboxylic acids is 2. The van der Waals surface area contributed by atoms with Crippen LogP contribution in [0.15, 0.2) is 29.2 Å². The van der Waals surface area contributed by atoms with Crippen LogP contribution in [-0.2, 0) is 14.3 Å². The Morgan fingerprint density at radius 1 is 1.11 bits per heavy atom. The number of hydrogen-bond acceptors (Lipinski definition) is 6. The first kappa shape index (κ1) is 28.5. The molecule has 2 rings (SSSR count). The minimum Gasteiger partial charge on any atom is -0.495 e. The van der Waals surface area contributed by atoms with Crippen molar-refractivity contribution in [2.45, 2.75) is 72.1 Å². The van der Waals surface area contributed by atoms with E-state index in [9.17, 15) is 14.4 Å². The van der Waals surface area contributed by atoms with E-state index in [1.54, 1.807) is 20.8 Å². The molecule has 0 bridgehead atoms. The zero-order chi connectivity index (χ0) is 26.7. The first-order valence-electron chi connectivity index (χ1n) is 11.2. The predicted octanol–water partition coefficient (Wildman–Crippen LogP) is 5.61. The van der Waals surface area contributed by atoms with Crippen molar-refractivity contribution in [3.63, 3.8) is 0 Å². The Morgan fingerprint density at radius 3 is 2.26 bits per heavy atom. The van der Waals surface area contributed by atoms with E-state index in [1.165, 1.54) is 36.9 Å². The maximum atomic E-state index is 15.1. The number of pyridine rings is 1. The van der Waals surface area contributed by atoms with E-state index in [1.807, 2.05) is 20.8 Å². The Labute approximate surface area is 210 Å². The second kappa shape index (κ2) is 10.9. The van der Waals surface area contributed by atoms with Gasteiger partial charge in [-0.15, -0.1) is 0 Å². The van der Waals surface area contributed by atoms with Crippen molar-refractivity contribution in [3.8, 4) is 16.9 Å². The molecule has 0 fully saturated rings. The summed E-state index contributed by atoms with van der Waals surface area (Å²) in [6.07, 6.45) is 1.46. The SMILES string of the molecule is COc1cn(C(CCOC(C)(C)C)C(=O)OC(C)(C)C)c(=O)cc1-c1c(C(C)=O)ccc(Cl)c1F. The maximum absolute atomic E-state index is 15.1. The molecule has 1 aromatic carbocycles. The number of ketones is 1. The lowest BCUT2D eigenvalue weighted by atomic mass is 9.96. The quantitative estimate of drug-likeness (QED) is 0.340. The minimum atomic E-state index is -1.02. The van der Waals surface area contributed by atoms with Gasteiger partial charge in [0, 0.05) is 35.8 Å². The number of nitrogens with zero attached hydrogens (tertiary/aromatic N) is 1. The molecule has 0 amide bonds. The highest BCUT2D eigenvalue weighted by molar-refractivity contribution is 6.31. The highest BCUT2D eigenvalue weighted by Crippen LogP contribution is 2.37. The summed E-state index contributed by atoms with van der Waals surface area (Å²) in [4.78, 5) is 38.5. The van der Waals surface area contributed by atoms with Crippen LogP contribution in [0.1, 0.15) is 71.3 Å². The summed E-state index contributed by atoms with van der Waals surface area (Å²) in [5.74, 6) is -1.80. The molecule has 192 valence electrons. The molecule has 0 aliphatic carbocycles. The lowest BCUT2D eigenvalue weighted by Crippen LogP contribution is -2.36. The average molecular weight is 510 g/mol. The second-order valence-electron chi connectivity index (χ2n) is 10.1. The summed E-state index contributed by atoms with van der Waals surface area (Å²) in [6.45, 7) is 12.3. The van der Waals surface area contributed by atoms with Crippen molar-refractivity contribution in [3.05, 3.63) is 51.2 Å². The Hall–Kier alpha value is -2.71. The highest BCUT2D eigenvalue weighted by Gasteiger charge is 2.30. The first-order chi connectivity index (χ1) is 16.1. The van der Waals surface area contributed by atoms with Gasteiger partial charge in [0.25, 0.3) is 5.56 Å². The Kier molecular flexibility index (Phi) is 8.89. The number of hydrogen-bond donors (Lipinski definition) is 0. The third-order valence-corrected chi connectivity index (χ3v) is 5.24. The van der Waals surface area contributed by atoms with Crippen molar-refractivity contribution in [2.24, 2.45) is 0 Å². The Morgan fingerprint density at radius 2 is 1.74 bits per heavy atom. The molecular formula is C26H33ClFNO6. The number of carbonyl (C=O) groups is 2. The van der Waals surface area contributed by atoms with Crippen LogP contribution in [0.3, 0.4) is 0 Å². The molecule has 1 heterocycles. The van der Waals surface area contributed by atoms with Crippen LogP contribution < -0.4 is 10.3 Å². The van der Waals surface area contributed by atoms with Gasteiger partial charge in [-0.25, -0.2) is 9.18 Å². The van der Waals surface area contributed by atoms with Gasteiger partial charge in [0.05, 0.1) is 23.9 Å². The first-order valence-corrected chi connectivity index (χ1v) is 11.6. The van der Waals surface area contributed by atoms with Crippen molar-refractivity contribution < 1.29 is 28.2 Å². The van der Waals surface area contributed by atoms with E-state index < -0.39 is 40.4 Å². The van der Waals surface area contributed by atoms with Crippen molar-refractivity contribution in [2.75, 3.05) is 13.7 Å². The molecule has 1 unspecified atom stereocenters. The molecule has 9 heteroatoms. The number of methoxy groups -OCH3 is 1. The van der Waals surface area contributed by atoms with Crippen LogP contribution in [0.5, 0.6) is 5.75 Å². The molecule has 0 aliphatic rings. The molecule has 1 atom stereocenters. The van der Waals surface area contributed by atoms with Gasteiger partial charge >= 0.3 is 5.97 Å². The van der Waals surface area contributed by atoms with E-state index >= 15 is 4.39 Å². The fourth-order valence-electron chi connectivity index (χ4n) is 3.45. The summed E-state index contributed by atoms with van der Waals surface area (Å²) < 4.78 is 33.0. The zero-order valence-electron chi connectivity index (χ0n) is 21.5. The molecule has 1 aromatic heterocycles. The Balaban J connectivity index is 2.67. The van der Waals surface area contributed by atoms with Crippen LogP contribution in [-0.4, -0.2) is 41.2 Å². The third kappa shape index (κ3) is 7.39. The number of Topliss-reactive ketones (excluding diaryl/α,β-unsaturated/α-hetero) is 1. The van der Waals surface area contributed by atoms with Gasteiger partial charge in [-0.05, 0) is 60.6 Å². The smallest absolute Gasteiger partial charge is 0.329 e. The average Bonchev–Trinajstić information content (AvgIpc) is 2.71. The van der Waals surface area contributed by atoms with Gasteiger partial charge in [0.1, 0.15) is 23.2 Å². The van der Waals surface area contributed by atoms with Crippen LogP contribution >= 0.6 is 11.6 Å². The highest BCUT2D eigenvalue weighted by atomic mass is 35.5. The monoisotopic (exact) mass is 509 g/mol. The molecule has 0 N–H and O–H groups in total. The molecule has 0 spiro atoms. The molecule has 0 saturated heterocycles. The molecule has 35 heavy (non-hydrogen) atoms. The summed E-state index contributed by atoms with van der Waals surface area (Å²) >= 11 is 5.97. The van der Waals surface area contributed by atoms with Gasteiger partial charge in [-0.3, -0.25) is 14.2 Å². The normalized spacial score (nSPS) is 12.9. The van der Waals surface area contributed by atoms with Crippen LogP contribution in [0, 0.1) is 5.82 Å². The zero-order valence-corrected chi connectivity index (χ0v) is 22.2. The molecule has 0 aliphatic heterocycles. The number of ether oxygens (including phenoxy) is 3. The number of aromatic nitrogens is 1. The van der Waals surface area contributed by atoms with Gasteiger partial charge in [0.2, 0.25) is 0 Å². The topological polar surface area (TPSA) is 83.8 Å². The number of rotatable bonds is 8. The summed E-state index contributed by atoms with van der Waals surface area (Å²) in [5, 5.41) is -0.206. The summed E-state index contributed by atoms with van der Waals surface area (Å²) in [7, 11) is 1.34. The van der Waals surface area contributed by atoms with Crippen LogP contribution in [0.2, 0.25) is 5.02 Å². The number of halogens is 2. The molecule has 0 saturated carbocycles. The number of benzene rings is 1. The van der Waals surface area contributed by atoms with Crippen molar-refractivity contribution in [1.29, 1.82) is 0 Å². The summed E-state index contributed by atoms with van der Waals surface area (Å²) in [6, 6.07) is 2.77. The predicted molar refractivity (Wildman–Crippen MR) is 133 cm³/mol. The van der Waals surface area contributed by atoms with E-state index in [0.717, 1.165) is 6.07 Å². The van der Waals surface area contributed by atoms with Crippen LogP contribution in [0.4, 0.5) is 4.39 Å². The van der Waals surface area contributed by atoms with E-state index in [0.29, 0.717) is 0 Å². The third-order valence-electron chi connectivity index (χ3n) is 4.95. The van der Waals surface area contributed by atoms with Crippen molar-refractivity contribution in [1.82, 2.24) is 4.57 Å². The van der Waals surface area contributed by atoms with Gasteiger partial charge in [0.15, 0.2) is 5.78 Å². The summed E-state index contributed by atoms with van der Waals surface area (Å²) in [5.41, 5.74) is -1.89. The molecule has 7 nitrogen and oxygen atoms in total. The minimum absolute atomic E-state index is 0.0459. The number of esters is 1. The lowest BCUT2D eigenvalue weighted by molar-refractivity contribution is -0.160. The lowest BCUT2D eigenvalue weighted by Gasteiger charge is -2.27. The fourth-order valence-corrected chi connectivity index (χ4v) is 3.61. The van der Waals surface area contributed by atoms with E-state index in [-0.39, 0.29) is 40.5 Å². The fraction of sp³-hybridized carbons (Fsp3) is 0.500. The molecule has 0 radical (unpaired) electrons. The van der Waals surface area contributed by atoms with E-state index in [4.69, 9.17) is 25.8 Å². The molecule has 2 aromatic rings. The van der Waals surface area contributed by atoms with Gasteiger partial charge in [-0.1, -0.05) is 11.6 Å². The van der Waals surface area contributed by atoms with E-state index in [2.05, 4.69) is 0 Å². The van der Waals surface area contributed by atoms with Gasteiger partial charge in [-0.2, -0.15) is 0 Å². The van der Waals surface area contributed by atoms with Crippen LogP contribution in [0.25, 0.3) is 11.1 Å². The Bertz CT molecular complexity index is 1160. The standard InChI is InChI=1S/C26H33ClFNO6/c1-15(30)16-9-10-18(27)23(28)22(16)17-13-21(31)29(14-20(17)33-8)19(11-12-34-25(2,3)4)24(32)35-26(5,6)7/h9-10,13-14,19H,11-12H2,1-8H3. The molecular weight excluding hydrogens is 477 g/mol. The largest absolute Gasteiger partial charge is 0.495 e.